The van der Waals surface area contributed by atoms with Crippen molar-refractivity contribution in [1.82, 2.24) is 0 Å². The maximum atomic E-state index is 11.2. The van der Waals surface area contributed by atoms with Crippen LogP contribution in [0.5, 0.6) is 11.5 Å². The maximum Gasteiger partial charge on any atom is 0.336 e. The van der Waals surface area contributed by atoms with Crippen molar-refractivity contribution in [2.75, 3.05) is 19.5 Å². The molecule has 0 radical (unpaired) electrons. The van der Waals surface area contributed by atoms with Gasteiger partial charge in [0.25, 0.3) is 0 Å². The van der Waals surface area contributed by atoms with Gasteiger partial charge >= 0.3 is 5.97 Å². The number of carboxylic acids is 1. The molecule has 22 heavy (non-hydrogen) atoms. The number of hydrogen-bond acceptors (Lipinski definition) is 5. The lowest BCUT2D eigenvalue weighted by Crippen LogP contribution is -2.14. The fourth-order valence-corrected chi connectivity index (χ4v) is 2.08. The van der Waals surface area contributed by atoms with Gasteiger partial charge in [0.2, 0.25) is 0 Å². The highest BCUT2D eigenvalue weighted by Gasteiger charge is 2.17. The quantitative estimate of drug-likeness (QED) is 0.711. The Morgan fingerprint density at radius 2 is 1.86 bits per heavy atom. The van der Waals surface area contributed by atoms with Gasteiger partial charge in [0, 0.05) is 11.6 Å². The second kappa shape index (κ2) is 6.82. The van der Waals surface area contributed by atoms with Crippen LogP contribution in [0.25, 0.3) is 0 Å². The van der Waals surface area contributed by atoms with Crippen LogP contribution >= 0.6 is 0 Å². The molecule has 0 heterocycles. The highest BCUT2D eigenvalue weighted by atomic mass is 16.5. The van der Waals surface area contributed by atoms with Gasteiger partial charge in [-0.15, -0.1) is 0 Å². The van der Waals surface area contributed by atoms with Crippen molar-refractivity contribution >= 4 is 11.7 Å². The van der Waals surface area contributed by atoms with Crippen molar-refractivity contribution < 1.29 is 24.5 Å². The van der Waals surface area contributed by atoms with Gasteiger partial charge in [0.1, 0.15) is 11.5 Å². The Hall–Kier alpha value is -2.73. The Kier molecular flexibility index (Phi) is 4.85. The topological polar surface area (TPSA) is 88.0 Å². The minimum absolute atomic E-state index is 0.0318. The number of rotatable bonds is 6. The first-order valence-corrected chi connectivity index (χ1v) is 6.55. The molecule has 2 rings (SSSR count). The highest BCUT2D eigenvalue weighted by Crippen LogP contribution is 2.31. The number of methoxy groups -OCH3 is 2. The molecule has 0 spiro atoms. The van der Waals surface area contributed by atoms with Gasteiger partial charge in [-0.3, -0.25) is 0 Å². The summed E-state index contributed by atoms with van der Waals surface area (Å²) in [6.45, 7) is 0. The molecular weight excluding hydrogens is 286 g/mol. The minimum Gasteiger partial charge on any atom is -0.497 e. The summed E-state index contributed by atoms with van der Waals surface area (Å²) in [5.74, 6) is -0.0104. The molecular formula is C16H17NO5. The molecule has 116 valence electrons. The minimum atomic E-state index is -1.20. The van der Waals surface area contributed by atoms with Crippen molar-refractivity contribution in [3.8, 4) is 11.5 Å². The predicted molar refractivity (Wildman–Crippen MR) is 81.5 cm³/mol. The molecule has 6 heteroatoms. The molecule has 0 aliphatic carbocycles. The van der Waals surface area contributed by atoms with Crippen molar-refractivity contribution in [1.29, 1.82) is 0 Å². The van der Waals surface area contributed by atoms with Gasteiger partial charge in [0.15, 0.2) is 6.23 Å². The molecule has 6 nitrogen and oxygen atoms in total. The second-order valence-corrected chi connectivity index (χ2v) is 4.51. The molecule has 2 aromatic rings. The molecule has 3 N–H and O–H groups in total. The standard InChI is InChI=1S/C16H17NO5/c1-21-10-7-8-14(22-2)13(9-10)17-15(18)11-5-3-4-6-12(11)16(19)20/h3-9,15,17-18H,1-2H3,(H,19,20). The number of benzene rings is 2. The zero-order chi connectivity index (χ0) is 16.1. The van der Waals surface area contributed by atoms with Crippen molar-refractivity contribution in [2.24, 2.45) is 0 Å². The van der Waals surface area contributed by atoms with Crippen LogP contribution in [0.4, 0.5) is 5.69 Å². The third kappa shape index (κ3) is 3.29. The van der Waals surface area contributed by atoms with E-state index in [1.165, 1.54) is 20.3 Å². The molecule has 2 aromatic carbocycles. The Labute approximate surface area is 127 Å². The summed E-state index contributed by atoms with van der Waals surface area (Å²) in [5, 5.41) is 22.3. The van der Waals surface area contributed by atoms with E-state index in [0.717, 1.165) is 0 Å². The van der Waals surface area contributed by atoms with Crippen LogP contribution < -0.4 is 14.8 Å². The number of ether oxygens (including phenoxy) is 2. The van der Waals surface area contributed by atoms with Crippen LogP contribution in [-0.2, 0) is 0 Å². The second-order valence-electron chi connectivity index (χ2n) is 4.51. The van der Waals surface area contributed by atoms with E-state index >= 15 is 0 Å². The van der Waals surface area contributed by atoms with E-state index in [1.807, 2.05) is 0 Å². The fourth-order valence-electron chi connectivity index (χ4n) is 2.08. The lowest BCUT2D eigenvalue weighted by atomic mass is 10.1. The Morgan fingerprint density at radius 1 is 1.14 bits per heavy atom. The Morgan fingerprint density at radius 3 is 2.50 bits per heavy atom. The van der Waals surface area contributed by atoms with Gasteiger partial charge in [0.05, 0.1) is 25.5 Å². The Bertz CT molecular complexity index is 671. The van der Waals surface area contributed by atoms with Crippen molar-refractivity contribution in [2.45, 2.75) is 6.23 Å². The van der Waals surface area contributed by atoms with E-state index in [4.69, 9.17) is 9.47 Å². The lowest BCUT2D eigenvalue weighted by molar-refractivity contribution is 0.0690. The SMILES string of the molecule is COc1ccc(OC)c(NC(O)c2ccccc2C(=O)O)c1. The first-order valence-electron chi connectivity index (χ1n) is 6.55. The summed E-state index contributed by atoms with van der Waals surface area (Å²) in [7, 11) is 3.03. The summed E-state index contributed by atoms with van der Waals surface area (Å²) in [6, 6.07) is 11.3. The molecule has 0 aliphatic rings. The number of aromatic carboxylic acids is 1. The third-order valence-electron chi connectivity index (χ3n) is 3.18. The van der Waals surface area contributed by atoms with E-state index < -0.39 is 12.2 Å². The lowest BCUT2D eigenvalue weighted by Gasteiger charge is -2.19. The number of nitrogens with one attached hydrogen (secondary N) is 1. The average Bonchev–Trinajstić information content (AvgIpc) is 2.54. The smallest absolute Gasteiger partial charge is 0.336 e. The molecule has 1 atom stereocenters. The van der Waals surface area contributed by atoms with E-state index in [0.29, 0.717) is 17.2 Å². The highest BCUT2D eigenvalue weighted by molar-refractivity contribution is 5.89. The van der Waals surface area contributed by atoms with Gasteiger partial charge in [-0.05, 0) is 18.2 Å². The van der Waals surface area contributed by atoms with E-state index in [9.17, 15) is 15.0 Å². The third-order valence-corrected chi connectivity index (χ3v) is 3.18. The molecule has 0 bridgehead atoms. The monoisotopic (exact) mass is 303 g/mol. The number of aliphatic hydroxyl groups excluding tert-OH is 1. The molecule has 0 aliphatic heterocycles. The summed E-state index contributed by atoms with van der Waals surface area (Å²) >= 11 is 0. The first-order chi connectivity index (χ1) is 10.6. The molecule has 0 amide bonds. The van der Waals surface area contributed by atoms with E-state index in [1.54, 1.807) is 36.4 Å². The summed E-state index contributed by atoms with van der Waals surface area (Å²) in [6.07, 6.45) is -1.20. The zero-order valence-electron chi connectivity index (χ0n) is 12.2. The summed E-state index contributed by atoms with van der Waals surface area (Å²) in [4.78, 5) is 11.2. The number of aliphatic hydroxyl groups is 1. The number of carbonyl (C=O) groups is 1. The molecule has 0 fully saturated rings. The van der Waals surface area contributed by atoms with Crippen LogP contribution in [0.15, 0.2) is 42.5 Å². The molecule has 0 aromatic heterocycles. The van der Waals surface area contributed by atoms with Crippen LogP contribution in [-0.4, -0.2) is 30.4 Å². The molecule has 0 saturated carbocycles. The zero-order valence-corrected chi connectivity index (χ0v) is 12.2. The van der Waals surface area contributed by atoms with Crippen molar-refractivity contribution in [3.63, 3.8) is 0 Å². The van der Waals surface area contributed by atoms with Gasteiger partial charge < -0.3 is 25.0 Å². The number of hydrogen-bond donors (Lipinski definition) is 3. The molecule has 1 unspecified atom stereocenters. The largest absolute Gasteiger partial charge is 0.497 e. The van der Waals surface area contributed by atoms with Gasteiger partial charge in [-0.25, -0.2) is 4.79 Å². The van der Waals surface area contributed by atoms with E-state index in [-0.39, 0.29) is 11.1 Å². The predicted octanol–water partition coefficient (Wildman–Crippen LogP) is 2.50. The molecule has 0 saturated heterocycles. The Balaban J connectivity index is 2.33. The van der Waals surface area contributed by atoms with Crippen LogP contribution in [0.2, 0.25) is 0 Å². The number of carboxylic acid groups (broad SMARTS) is 1. The van der Waals surface area contributed by atoms with E-state index in [2.05, 4.69) is 5.32 Å². The fraction of sp³-hybridized carbons (Fsp3) is 0.188. The van der Waals surface area contributed by atoms with Gasteiger partial charge in [-0.1, -0.05) is 18.2 Å². The van der Waals surface area contributed by atoms with Crippen LogP contribution in [0.3, 0.4) is 0 Å². The first kappa shape index (κ1) is 15.7. The van der Waals surface area contributed by atoms with Crippen molar-refractivity contribution in [3.05, 3.63) is 53.6 Å². The normalized spacial score (nSPS) is 11.6. The summed E-state index contributed by atoms with van der Waals surface area (Å²) < 4.78 is 10.3. The average molecular weight is 303 g/mol. The summed E-state index contributed by atoms with van der Waals surface area (Å²) in [5.41, 5.74) is 0.791. The van der Waals surface area contributed by atoms with Crippen LogP contribution in [0, 0.1) is 0 Å². The van der Waals surface area contributed by atoms with Gasteiger partial charge in [-0.2, -0.15) is 0 Å². The number of anilines is 1. The van der Waals surface area contributed by atoms with Crippen LogP contribution in [0.1, 0.15) is 22.1 Å². The maximum absolute atomic E-state index is 11.2.